The molecule has 1 aliphatic carbocycles. The van der Waals surface area contributed by atoms with Crippen LogP contribution >= 0.6 is 0 Å². The highest BCUT2D eigenvalue weighted by Gasteiger charge is 2.56. The molecule has 1 aromatic rings. The average molecular weight is 341 g/mol. The second kappa shape index (κ2) is 7.78. The van der Waals surface area contributed by atoms with Crippen molar-refractivity contribution < 1.29 is 0 Å². The fourth-order valence-electron chi connectivity index (χ4n) is 4.20. The van der Waals surface area contributed by atoms with E-state index >= 15 is 0 Å². The fraction of sp³-hybridized carbons (Fsp3) is 0.565. The zero-order valence-electron chi connectivity index (χ0n) is 17.1. The number of hydrogen-bond acceptors (Lipinski definition) is 2. The maximum absolute atomic E-state index is 5.68. The summed E-state index contributed by atoms with van der Waals surface area (Å²) in [4.78, 5) is 0. The predicted molar refractivity (Wildman–Crippen MR) is 109 cm³/mol. The number of nitrogens with one attached hydrogen (secondary N) is 1. The molecule has 25 heavy (non-hydrogen) atoms. The van der Waals surface area contributed by atoms with Crippen molar-refractivity contribution in [1.29, 1.82) is 0 Å². The van der Waals surface area contributed by atoms with Crippen LogP contribution in [0.15, 0.2) is 41.6 Å². The maximum atomic E-state index is 5.68. The quantitative estimate of drug-likeness (QED) is 0.513. The van der Waals surface area contributed by atoms with Gasteiger partial charge in [-0.05, 0) is 61.5 Å². The lowest BCUT2D eigenvalue weighted by Crippen LogP contribution is -2.22. The van der Waals surface area contributed by atoms with Crippen molar-refractivity contribution in [1.82, 2.24) is 5.32 Å². The fourth-order valence-corrected chi connectivity index (χ4v) is 4.20. The first kappa shape index (κ1) is 19.8. The van der Waals surface area contributed by atoms with Crippen LogP contribution in [0.25, 0.3) is 0 Å². The molecule has 3 unspecified atom stereocenters. The van der Waals surface area contributed by atoms with E-state index in [2.05, 4.69) is 84.1 Å². The Bertz CT molecular complexity index is 646. The van der Waals surface area contributed by atoms with E-state index < -0.39 is 0 Å². The van der Waals surface area contributed by atoms with Gasteiger partial charge in [-0.3, -0.25) is 0 Å². The summed E-state index contributed by atoms with van der Waals surface area (Å²) in [5.41, 5.74) is 12.8. The molecule has 2 rings (SSSR count). The Morgan fingerprint density at radius 1 is 1.24 bits per heavy atom. The summed E-state index contributed by atoms with van der Waals surface area (Å²) in [6.45, 7) is 16.3. The van der Waals surface area contributed by atoms with E-state index in [0.29, 0.717) is 29.8 Å². The van der Waals surface area contributed by atoms with E-state index in [0.717, 1.165) is 6.42 Å². The largest absolute Gasteiger partial charge is 0.376 e. The van der Waals surface area contributed by atoms with Gasteiger partial charge in [0.25, 0.3) is 0 Å². The van der Waals surface area contributed by atoms with Crippen molar-refractivity contribution >= 4 is 0 Å². The molecule has 138 valence electrons. The third kappa shape index (κ3) is 4.36. The molecule has 2 heteroatoms. The Morgan fingerprint density at radius 3 is 2.36 bits per heavy atom. The lowest BCUT2D eigenvalue weighted by atomic mass is 9.95. The molecule has 0 spiro atoms. The topological polar surface area (TPSA) is 38.0 Å². The minimum atomic E-state index is 0.326. The van der Waals surface area contributed by atoms with Crippen LogP contribution in [0.4, 0.5) is 0 Å². The van der Waals surface area contributed by atoms with Gasteiger partial charge < -0.3 is 11.1 Å². The minimum absolute atomic E-state index is 0.326. The van der Waals surface area contributed by atoms with Gasteiger partial charge in [-0.15, -0.1) is 0 Å². The normalized spacial score (nSPS) is 24.2. The lowest BCUT2D eigenvalue weighted by molar-refractivity contribution is 0.592. The highest BCUT2D eigenvalue weighted by molar-refractivity contribution is 5.40. The van der Waals surface area contributed by atoms with Crippen LogP contribution < -0.4 is 11.1 Å². The van der Waals surface area contributed by atoms with Crippen molar-refractivity contribution in [3.63, 3.8) is 0 Å². The van der Waals surface area contributed by atoms with E-state index in [1.807, 2.05) is 0 Å². The van der Waals surface area contributed by atoms with Gasteiger partial charge in [-0.2, -0.15) is 0 Å². The molecule has 1 aliphatic rings. The van der Waals surface area contributed by atoms with E-state index in [4.69, 9.17) is 5.73 Å². The predicted octanol–water partition coefficient (Wildman–Crippen LogP) is 5.43. The van der Waals surface area contributed by atoms with Gasteiger partial charge in [0.05, 0.1) is 6.67 Å². The van der Waals surface area contributed by atoms with Gasteiger partial charge in [-0.1, -0.05) is 69.2 Å². The molecule has 0 heterocycles. The molecule has 1 fully saturated rings. The van der Waals surface area contributed by atoms with Crippen molar-refractivity contribution in [3.8, 4) is 0 Å². The molecule has 1 saturated carbocycles. The van der Waals surface area contributed by atoms with Crippen LogP contribution in [0.5, 0.6) is 0 Å². The van der Waals surface area contributed by atoms with Crippen LogP contribution in [0.3, 0.4) is 0 Å². The van der Waals surface area contributed by atoms with Crippen LogP contribution in [-0.2, 0) is 0 Å². The smallest absolute Gasteiger partial charge is 0.0625 e. The first-order chi connectivity index (χ1) is 11.7. The van der Waals surface area contributed by atoms with Crippen molar-refractivity contribution in [2.75, 3.05) is 6.67 Å². The molecule has 0 radical (unpaired) electrons. The van der Waals surface area contributed by atoms with E-state index in [1.165, 1.54) is 28.0 Å². The number of allylic oxidation sites excluding steroid dienone is 4. The van der Waals surface area contributed by atoms with Gasteiger partial charge in [0, 0.05) is 5.70 Å². The van der Waals surface area contributed by atoms with Crippen LogP contribution in [0.2, 0.25) is 0 Å². The van der Waals surface area contributed by atoms with Crippen LogP contribution in [-0.4, -0.2) is 6.67 Å². The standard InChI is InChI=1S/C23H36N2/c1-8-17(4)20(18(5)25-14-24)9-10-21-22(23(21,6)7)19-12-15(2)11-16(3)13-19/h9-13,17,21-22,25H,8,14,24H2,1-7H3/b10-9+,20-18+. The summed E-state index contributed by atoms with van der Waals surface area (Å²) in [6.07, 6.45) is 5.92. The highest BCUT2D eigenvalue weighted by atomic mass is 15.0. The molecule has 1 aromatic carbocycles. The Labute approximate surface area is 154 Å². The van der Waals surface area contributed by atoms with Gasteiger partial charge in [0.2, 0.25) is 0 Å². The summed E-state index contributed by atoms with van der Waals surface area (Å²) < 4.78 is 0. The molecule has 0 aliphatic heterocycles. The number of aryl methyl sites for hydroxylation is 2. The first-order valence-corrected chi connectivity index (χ1v) is 9.63. The third-order valence-electron chi connectivity index (χ3n) is 5.94. The molecule has 3 atom stereocenters. The molecule has 0 aromatic heterocycles. The Morgan fingerprint density at radius 2 is 1.84 bits per heavy atom. The van der Waals surface area contributed by atoms with Gasteiger partial charge >= 0.3 is 0 Å². The van der Waals surface area contributed by atoms with E-state index in [-0.39, 0.29) is 0 Å². The van der Waals surface area contributed by atoms with Crippen molar-refractivity contribution in [2.24, 2.45) is 23.0 Å². The number of rotatable bonds is 7. The second-order valence-electron chi connectivity index (χ2n) is 8.38. The molecular weight excluding hydrogens is 304 g/mol. The first-order valence-electron chi connectivity index (χ1n) is 9.63. The number of nitrogens with two attached hydrogens (primary N) is 1. The Balaban J connectivity index is 2.26. The van der Waals surface area contributed by atoms with E-state index in [9.17, 15) is 0 Å². The maximum Gasteiger partial charge on any atom is 0.0625 e. The van der Waals surface area contributed by atoms with Crippen LogP contribution in [0, 0.1) is 31.1 Å². The van der Waals surface area contributed by atoms with Crippen molar-refractivity contribution in [2.45, 2.75) is 60.8 Å². The van der Waals surface area contributed by atoms with E-state index in [1.54, 1.807) is 0 Å². The lowest BCUT2D eigenvalue weighted by Gasteiger charge is -2.15. The SMILES string of the molecule is CCC(C)C(/C=C/C1C(c2cc(C)cc(C)c2)C1(C)C)=C(\C)NCN. The third-order valence-corrected chi connectivity index (χ3v) is 5.94. The summed E-state index contributed by atoms with van der Waals surface area (Å²) in [5.74, 6) is 1.75. The zero-order valence-corrected chi connectivity index (χ0v) is 17.1. The van der Waals surface area contributed by atoms with Crippen LogP contribution in [0.1, 0.15) is 63.6 Å². The average Bonchev–Trinajstić information content (AvgIpc) is 3.07. The van der Waals surface area contributed by atoms with Gasteiger partial charge in [0.15, 0.2) is 0 Å². The second-order valence-corrected chi connectivity index (χ2v) is 8.38. The Kier molecular flexibility index (Phi) is 6.16. The molecular formula is C23H36N2. The monoisotopic (exact) mass is 340 g/mol. The molecule has 2 nitrogen and oxygen atoms in total. The Hall–Kier alpha value is -1.54. The van der Waals surface area contributed by atoms with Crippen molar-refractivity contribution in [3.05, 3.63) is 58.3 Å². The minimum Gasteiger partial charge on any atom is -0.376 e. The number of hydrogen-bond donors (Lipinski definition) is 2. The van der Waals surface area contributed by atoms with Gasteiger partial charge in [-0.25, -0.2) is 0 Å². The molecule has 0 amide bonds. The summed E-state index contributed by atoms with van der Waals surface area (Å²) >= 11 is 0. The summed E-state index contributed by atoms with van der Waals surface area (Å²) in [5, 5.41) is 3.29. The molecule has 0 bridgehead atoms. The zero-order chi connectivity index (χ0) is 18.8. The number of benzene rings is 1. The van der Waals surface area contributed by atoms with Gasteiger partial charge in [0.1, 0.15) is 0 Å². The summed E-state index contributed by atoms with van der Waals surface area (Å²) in [7, 11) is 0. The summed E-state index contributed by atoms with van der Waals surface area (Å²) in [6, 6.07) is 6.98. The molecule has 3 N–H and O–H groups in total. The highest BCUT2D eigenvalue weighted by Crippen LogP contribution is 2.65. The molecule has 0 saturated heterocycles.